The third kappa shape index (κ3) is 5.70. The first-order valence-electron chi connectivity index (χ1n) is 11.4. The summed E-state index contributed by atoms with van der Waals surface area (Å²) < 4.78 is 18.9. The molecule has 2 heterocycles. The molecule has 0 radical (unpaired) electrons. The first-order chi connectivity index (χ1) is 16.5. The molecule has 4 rings (SSSR count). The number of anilines is 2. The third-order valence-corrected chi connectivity index (χ3v) is 6.02. The Labute approximate surface area is 199 Å². The molecule has 1 aliphatic rings. The summed E-state index contributed by atoms with van der Waals surface area (Å²) in [4.78, 5) is 19.3. The van der Waals surface area contributed by atoms with E-state index in [4.69, 9.17) is 4.74 Å². The SMILES string of the molecule is COc1ccccc1Nc1ncccc1C(=O)N(C)CCCC1CC(c2cccc(F)c2)NN1. The van der Waals surface area contributed by atoms with Crippen molar-refractivity contribution < 1.29 is 13.9 Å². The predicted octanol–water partition coefficient (Wildman–Crippen LogP) is 4.43. The van der Waals surface area contributed by atoms with Crippen molar-refractivity contribution in [3.05, 3.63) is 83.8 Å². The van der Waals surface area contributed by atoms with Crippen LogP contribution in [0.1, 0.15) is 41.2 Å². The van der Waals surface area contributed by atoms with E-state index in [1.54, 1.807) is 49.5 Å². The number of hydrogen-bond donors (Lipinski definition) is 3. The van der Waals surface area contributed by atoms with Gasteiger partial charge in [0.2, 0.25) is 0 Å². The molecule has 0 spiro atoms. The number of carbonyl (C=O) groups excluding carboxylic acids is 1. The van der Waals surface area contributed by atoms with E-state index in [-0.39, 0.29) is 23.8 Å². The van der Waals surface area contributed by atoms with Crippen LogP contribution in [-0.4, -0.2) is 42.5 Å². The molecule has 34 heavy (non-hydrogen) atoms. The molecule has 1 fully saturated rings. The number of nitrogens with zero attached hydrogens (tertiary/aromatic N) is 2. The van der Waals surface area contributed by atoms with E-state index in [9.17, 15) is 9.18 Å². The van der Waals surface area contributed by atoms with E-state index >= 15 is 0 Å². The van der Waals surface area contributed by atoms with Crippen LogP contribution in [0.25, 0.3) is 0 Å². The lowest BCUT2D eigenvalue weighted by molar-refractivity contribution is 0.0792. The molecule has 3 N–H and O–H groups in total. The fraction of sp³-hybridized carbons (Fsp3) is 0.308. The van der Waals surface area contributed by atoms with Gasteiger partial charge in [0.25, 0.3) is 5.91 Å². The first kappa shape index (κ1) is 23.7. The van der Waals surface area contributed by atoms with E-state index < -0.39 is 0 Å². The molecule has 1 saturated heterocycles. The van der Waals surface area contributed by atoms with Crippen LogP contribution in [0.15, 0.2) is 66.9 Å². The zero-order chi connectivity index (χ0) is 23.9. The van der Waals surface area contributed by atoms with Gasteiger partial charge in [0, 0.05) is 31.9 Å². The molecule has 1 aromatic heterocycles. The maximum absolute atomic E-state index is 13.5. The number of ether oxygens (including phenoxy) is 1. The number of rotatable bonds is 9. The van der Waals surface area contributed by atoms with Crippen molar-refractivity contribution in [3.63, 3.8) is 0 Å². The summed E-state index contributed by atoms with van der Waals surface area (Å²) in [6, 6.07) is 18.1. The average Bonchev–Trinajstić information content (AvgIpc) is 3.33. The average molecular weight is 464 g/mol. The number of amides is 1. The molecule has 2 aromatic carbocycles. The van der Waals surface area contributed by atoms with Crippen LogP contribution in [-0.2, 0) is 0 Å². The van der Waals surface area contributed by atoms with Gasteiger partial charge in [-0.2, -0.15) is 0 Å². The summed E-state index contributed by atoms with van der Waals surface area (Å²) in [5.41, 5.74) is 8.74. The molecular weight excluding hydrogens is 433 g/mol. The Kier molecular flexibility index (Phi) is 7.72. The predicted molar refractivity (Wildman–Crippen MR) is 131 cm³/mol. The third-order valence-electron chi connectivity index (χ3n) is 6.02. The zero-order valence-corrected chi connectivity index (χ0v) is 19.4. The molecule has 1 amide bonds. The van der Waals surface area contributed by atoms with Crippen LogP contribution >= 0.6 is 0 Å². The van der Waals surface area contributed by atoms with Gasteiger partial charge in [-0.25, -0.2) is 9.37 Å². The summed E-state index contributed by atoms with van der Waals surface area (Å²) in [5.74, 6) is 0.844. The lowest BCUT2D eigenvalue weighted by atomic mass is 9.99. The Bertz CT molecular complexity index is 1130. The molecule has 8 heteroatoms. The molecule has 3 aromatic rings. The summed E-state index contributed by atoms with van der Waals surface area (Å²) in [6.45, 7) is 0.616. The second-order valence-corrected chi connectivity index (χ2v) is 8.42. The maximum Gasteiger partial charge on any atom is 0.257 e. The molecular formula is C26H30FN5O2. The number of methoxy groups -OCH3 is 1. The zero-order valence-electron chi connectivity index (χ0n) is 19.4. The molecule has 2 atom stereocenters. The van der Waals surface area contributed by atoms with Crippen molar-refractivity contribution in [2.75, 3.05) is 26.0 Å². The maximum atomic E-state index is 13.5. The number of carbonyl (C=O) groups is 1. The number of para-hydroxylation sites is 2. The highest BCUT2D eigenvalue weighted by Crippen LogP contribution is 2.28. The van der Waals surface area contributed by atoms with Gasteiger partial charge in [0.05, 0.1) is 18.4 Å². The Morgan fingerprint density at radius 2 is 2.03 bits per heavy atom. The van der Waals surface area contributed by atoms with E-state index in [1.165, 1.54) is 6.07 Å². The molecule has 2 unspecified atom stereocenters. The number of hydrazine groups is 1. The van der Waals surface area contributed by atoms with Crippen molar-refractivity contribution in [1.82, 2.24) is 20.7 Å². The molecule has 178 valence electrons. The molecule has 1 aliphatic heterocycles. The quantitative estimate of drug-likeness (QED) is 0.436. The Balaban J connectivity index is 1.31. The van der Waals surface area contributed by atoms with Gasteiger partial charge in [0.1, 0.15) is 17.4 Å². The van der Waals surface area contributed by atoms with E-state index in [0.29, 0.717) is 23.7 Å². The first-order valence-corrected chi connectivity index (χ1v) is 11.4. The van der Waals surface area contributed by atoms with Gasteiger partial charge in [-0.15, -0.1) is 0 Å². The summed E-state index contributed by atoms with van der Waals surface area (Å²) >= 11 is 0. The van der Waals surface area contributed by atoms with Crippen LogP contribution in [0, 0.1) is 5.82 Å². The highest BCUT2D eigenvalue weighted by Gasteiger charge is 2.25. The number of aromatic nitrogens is 1. The van der Waals surface area contributed by atoms with Gasteiger partial charge in [-0.3, -0.25) is 15.6 Å². The second-order valence-electron chi connectivity index (χ2n) is 8.42. The highest BCUT2D eigenvalue weighted by molar-refractivity contribution is 5.99. The topological polar surface area (TPSA) is 78.5 Å². The Hall–Kier alpha value is -3.49. The summed E-state index contributed by atoms with van der Waals surface area (Å²) in [7, 11) is 3.41. The lowest BCUT2D eigenvalue weighted by Gasteiger charge is -2.20. The Morgan fingerprint density at radius 3 is 2.85 bits per heavy atom. The molecule has 0 bridgehead atoms. The van der Waals surface area contributed by atoms with E-state index in [0.717, 1.165) is 30.5 Å². The number of nitrogens with one attached hydrogen (secondary N) is 3. The summed E-state index contributed by atoms with van der Waals surface area (Å²) in [5, 5.41) is 3.22. The standard InChI is InChI=1S/C26H30FN5O2/c1-32(15-7-10-20-17-23(31-30-20)18-8-5-9-19(27)16-18)26(33)21-11-6-14-28-25(21)29-22-12-3-4-13-24(22)34-2/h3-6,8-9,11-14,16,20,23,30-31H,7,10,15,17H2,1-2H3,(H,28,29). The largest absolute Gasteiger partial charge is 0.495 e. The van der Waals surface area contributed by atoms with Gasteiger partial charge in [-0.05, 0) is 61.2 Å². The number of benzene rings is 2. The van der Waals surface area contributed by atoms with Crippen LogP contribution < -0.4 is 20.9 Å². The minimum absolute atomic E-state index is 0.0825. The van der Waals surface area contributed by atoms with Gasteiger partial charge in [-0.1, -0.05) is 24.3 Å². The minimum Gasteiger partial charge on any atom is -0.495 e. The van der Waals surface area contributed by atoms with Crippen LogP contribution in [0.2, 0.25) is 0 Å². The minimum atomic E-state index is -0.224. The van der Waals surface area contributed by atoms with Gasteiger partial charge < -0.3 is 15.0 Å². The molecule has 0 aliphatic carbocycles. The smallest absolute Gasteiger partial charge is 0.257 e. The fourth-order valence-corrected chi connectivity index (χ4v) is 4.19. The summed E-state index contributed by atoms with van der Waals surface area (Å²) in [6.07, 6.45) is 4.27. The number of pyridine rings is 1. The van der Waals surface area contributed by atoms with Crippen LogP contribution in [0.4, 0.5) is 15.9 Å². The monoisotopic (exact) mass is 463 g/mol. The van der Waals surface area contributed by atoms with Crippen LogP contribution in [0.3, 0.4) is 0 Å². The van der Waals surface area contributed by atoms with Crippen molar-refractivity contribution in [2.45, 2.75) is 31.3 Å². The van der Waals surface area contributed by atoms with Crippen molar-refractivity contribution in [3.8, 4) is 5.75 Å². The van der Waals surface area contributed by atoms with Crippen molar-refractivity contribution >= 4 is 17.4 Å². The van der Waals surface area contributed by atoms with Gasteiger partial charge >= 0.3 is 0 Å². The number of halogens is 1. The number of hydrogen-bond acceptors (Lipinski definition) is 6. The van der Waals surface area contributed by atoms with E-state index in [2.05, 4.69) is 21.2 Å². The second kappa shape index (κ2) is 11.1. The Morgan fingerprint density at radius 1 is 1.18 bits per heavy atom. The normalized spacial score (nSPS) is 17.4. The highest BCUT2D eigenvalue weighted by atomic mass is 19.1. The lowest BCUT2D eigenvalue weighted by Crippen LogP contribution is -2.32. The molecule has 0 saturated carbocycles. The van der Waals surface area contributed by atoms with Crippen molar-refractivity contribution in [1.29, 1.82) is 0 Å². The van der Waals surface area contributed by atoms with Gasteiger partial charge in [0.15, 0.2) is 0 Å². The fourth-order valence-electron chi connectivity index (χ4n) is 4.19. The van der Waals surface area contributed by atoms with E-state index in [1.807, 2.05) is 30.3 Å². The van der Waals surface area contributed by atoms with Crippen LogP contribution in [0.5, 0.6) is 5.75 Å². The van der Waals surface area contributed by atoms with Crippen molar-refractivity contribution in [2.24, 2.45) is 0 Å². The molecule has 7 nitrogen and oxygen atoms in total.